The molecule has 1 saturated heterocycles. The molecular weight excluding hydrogens is 184 g/mol. The first-order valence-electron chi connectivity index (χ1n) is 5.99. The molecular formula is C13H20N2. The quantitative estimate of drug-likeness (QED) is 0.810. The van der Waals surface area contributed by atoms with Crippen molar-refractivity contribution in [3.8, 4) is 0 Å². The molecule has 1 aliphatic heterocycles. The highest BCUT2D eigenvalue weighted by atomic mass is 15.1. The van der Waals surface area contributed by atoms with E-state index < -0.39 is 0 Å². The van der Waals surface area contributed by atoms with Crippen LogP contribution >= 0.6 is 0 Å². The number of hydrogen-bond acceptors (Lipinski definition) is 2. The zero-order valence-electron chi connectivity index (χ0n) is 9.50. The molecule has 1 aromatic carbocycles. The van der Waals surface area contributed by atoms with Gasteiger partial charge in [0.15, 0.2) is 0 Å². The van der Waals surface area contributed by atoms with Gasteiger partial charge in [0.2, 0.25) is 0 Å². The van der Waals surface area contributed by atoms with Crippen LogP contribution in [0.15, 0.2) is 24.3 Å². The molecule has 1 aromatic rings. The maximum absolute atomic E-state index is 3.39. The van der Waals surface area contributed by atoms with Gasteiger partial charge in [0.25, 0.3) is 0 Å². The first-order valence-corrected chi connectivity index (χ1v) is 5.99. The third kappa shape index (κ3) is 2.65. The SMILES string of the molecule is CCCNc1ccc(N2CCCC2)cc1. The van der Waals surface area contributed by atoms with Gasteiger partial charge in [-0.2, -0.15) is 0 Å². The Hall–Kier alpha value is -1.18. The predicted molar refractivity (Wildman–Crippen MR) is 66.7 cm³/mol. The van der Waals surface area contributed by atoms with Crippen LogP contribution in [0.4, 0.5) is 11.4 Å². The van der Waals surface area contributed by atoms with Gasteiger partial charge < -0.3 is 10.2 Å². The van der Waals surface area contributed by atoms with Crippen molar-refractivity contribution in [2.75, 3.05) is 29.9 Å². The molecule has 0 amide bonds. The Morgan fingerprint density at radius 2 is 1.80 bits per heavy atom. The molecule has 0 bridgehead atoms. The molecule has 2 rings (SSSR count). The Bertz CT molecular complexity index is 286. The van der Waals surface area contributed by atoms with Gasteiger partial charge in [-0.05, 0) is 43.5 Å². The number of hydrogen-bond donors (Lipinski definition) is 1. The van der Waals surface area contributed by atoms with Gasteiger partial charge in [0.1, 0.15) is 0 Å². The normalized spacial score (nSPS) is 15.7. The molecule has 15 heavy (non-hydrogen) atoms. The van der Waals surface area contributed by atoms with Crippen LogP contribution in [0.1, 0.15) is 26.2 Å². The summed E-state index contributed by atoms with van der Waals surface area (Å²) in [6, 6.07) is 8.82. The second-order valence-corrected chi connectivity index (χ2v) is 4.17. The standard InChI is InChI=1S/C13H20N2/c1-2-9-14-12-5-7-13(8-6-12)15-10-3-4-11-15/h5-8,14H,2-4,9-11H2,1H3. The minimum Gasteiger partial charge on any atom is -0.385 e. The average molecular weight is 204 g/mol. The first-order chi connectivity index (χ1) is 7.40. The first kappa shape index (κ1) is 10.3. The number of rotatable bonds is 4. The zero-order chi connectivity index (χ0) is 10.5. The Labute approximate surface area is 92.3 Å². The number of anilines is 2. The summed E-state index contributed by atoms with van der Waals surface area (Å²) in [5, 5.41) is 3.39. The summed E-state index contributed by atoms with van der Waals surface area (Å²) in [6.07, 6.45) is 3.86. The second kappa shape index (κ2) is 5.06. The molecule has 1 heterocycles. The molecule has 1 N–H and O–H groups in total. The van der Waals surface area contributed by atoms with E-state index in [9.17, 15) is 0 Å². The highest BCUT2D eigenvalue weighted by Crippen LogP contribution is 2.21. The van der Waals surface area contributed by atoms with Gasteiger partial charge in [0, 0.05) is 31.0 Å². The summed E-state index contributed by atoms with van der Waals surface area (Å²) < 4.78 is 0. The van der Waals surface area contributed by atoms with Crippen LogP contribution in [0.25, 0.3) is 0 Å². The van der Waals surface area contributed by atoms with Crippen molar-refractivity contribution in [2.45, 2.75) is 26.2 Å². The van der Waals surface area contributed by atoms with Gasteiger partial charge in [-0.3, -0.25) is 0 Å². The van der Waals surface area contributed by atoms with E-state index >= 15 is 0 Å². The molecule has 0 spiro atoms. The summed E-state index contributed by atoms with van der Waals surface area (Å²) in [5.41, 5.74) is 2.61. The third-order valence-electron chi connectivity index (χ3n) is 2.92. The molecule has 0 unspecified atom stereocenters. The fourth-order valence-electron chi connectivity index (χ4n) is 2.03. The zero-order valence-corrected chi connectivity index (χ0v) is 9.50. The smallest absolute Gasteiger partial charge is 0.0367 e. The van der Waals surface area contributed by atoms with E-state index in [-0.39, 0.29) is 0 Å². The van der Waals surface area contributed by atoms with E-state index in [0.29, 0.717) is 0 Å². The van der Waals surface area contributed by atoms with Crippen LogP contribution in [0.2, 0.25) is 0 Å². The Morgan fingerprint density at radius 3 is 2.40 bits per heavy atom. The molecule has 82 valence electrons. The lowest BCUT2D eigenvalue weighted by Crippen LogP contribution is -2.17. The number of nitrogens with one attached hydrogen (secondary N) is 1. The molecule has 0 aromatic heterocycles. The molecule has 0 atom stereocenters. The third-order valence-corrected chi connectivity index (χ3v) is 2.92. The van der Waals surface area contributed by atoms with Crippen LogP contribution < -0.4 is 10.2 Å². The van der Waals surface area contributed by atoms with E-state index in [1.807, 2.05) is 0 Å². The highest BCUT2D eigenvalue weighted by molar-refractivity contribution is 5.55. The van der Waals surface area contributed by atoms with Crippen molar-refractivity contribution in [1.29, 1.82) is 0 Å². The van der Waals surface area contributed by atoms with E-state index in [1.165, 1.54) is 43.7 Å². The Balaban J connectivity index is 1.96. The van der Waals surface area contributed by atoms with Gasteiger partial charge in [-0.25, -0.2) is 0 Å². The van der Waals surface area contributed by atoms with Crippen molar-refractivity contribution < 1.29 is 0 Å². The number of nitrogens with zero attached hydrogens (tertiary/aromatic N) is 1. The topological polar surface area (TPSA) is 15.3 Å². The van der Waals surface area contributed by atoms with Gasteiger partial charge in [-0.1, -0.05) is 6.92 Å². The highest BCUT2D eigenvalue weighted by Gasteiger charge is 2.11. The fraction of sp³-hybridized carbons (Fsp3) is 0.538. The fourth-order valence-corrected chi connectivity index (χ4v) is 2.03. The monoisotopic (exact) mass is 204 g/mol. The van der Waals surface area contributed by atoms with Crippen LogP contribution in [0.5, 0.6) is 0 Å². The molecule has 2 nitrogen and oxygen atoms in total. The van der Waals surface area contributed by atoms with Gasteiger partial charge in [-0.15, -0.1) is 0 Å². The van der Waals surface area contributed by atoms with Crippen LogP contribution in [0.3, 0.4) is 0 Å². The molecule has 2 heteroatoms. The molecule has 1 fully saturated rings. The van der Waals surface area contributed by atoms with E-state index in [1.54, 1.807) is 0 Å². The summed E-state index contributed by atoms with van der Waals surface area (Å²) in [4.78, 5) is 2.46. The molecule has 0 saturated carbocycles. The average Bonchev–Trinajstić information content (AvgIpc) is 2.80. The van der Waals surface area contributed by atoms with Crippen LogP contribution in [0, 0.1) is 0 Å². The summed E-state index contributed by atoms with van der Waals surface area (Å²) >= 11 is 0. The summed E-state index contributed by atoms with van der Waals surface area (Å²) in [6.45, 7) is 5.69. The maximum Gasteiger partial charge on any atom is 0.0367 e. The Morgan fingerprint density at radius 1 is 1.13 bits per heavy atom. The summed E-state index contributed by atoms with van der Waals surface area (Å²) in [7, 11) is 0. The van der Waals surface area contributed by atoms with Crippen molar-refractivity contribution >= 4 is 11.4 Å². The van der Waals surface area contributed by atoms with Crippen LogP contribution in [-0.4, -0.2) is 19.6 Å². The number of benzene rings is 1. The van der Waals surface area contributed by atoms with E-state index in [2.05, 4.69) is 41.4 Å². The van der Waals surface area contributed by atoms with Gasteiger partial charge in [0.05, 0.1) is 0 Å². The largest absolute Gasteiger partial charge is 0.385 e. The molecule has 0 radical (unpaired) electrons. The Kier molecular flexibility index (Phi) is 3.49. The minimum atomic E-state index is 1.06. The summed E-state index contributed by atoms with van der Waals surface area (Å²) in [5.74, 6) is 0. The van der Waals surface area contributed by atoms with E-state index in [0.717, 1.165) is 6.54 Å². The van der Waals surface area contributed by atoms with Crippen molar-refractivity contribution in [1.82, 2.24) is 0 Å². The van der Waals surface area contributed by atoms with Crippen LogP contribution in [-0.2, 0) is 0 Å². The van der Waals surface area contributed by atoms with E-state index in [4.69, 9.17) is 0 Å². The lowest BCUT2D eigenvalue weighted by molar-refractivity contribution is 0.949. The molecule has 0 aliphatic carbocycles. The van der Waals surface area contributed by atoms with Crippen molar-refractivity contribution in [2.24, 2.45) is 0 Å². The minimum absolute atomic E-state index is 1.06. The molecule has 1 aliphatic rings. The van der Waals surface area contributed by atoms with Crippen molar-refractivity contribution in [3.63, 3.8) is 0 Å². The second-order valence-electron chi connectivity index (χ2n) is 4.17. The van der Waals surface area contributed by atoms with Gasteiger partial charge >= 0.3 is 0 Å². The lowest BCUT2D eigenvalue weighted by Gasteiger charge is -2.17. The maximum atomic E-state index is 3.39. The van der Waals surface area contributed by atoms with Crippen molar-refractivity contribution in [3.05, 3.63) is 24.3 Å². The lowest BCUT2D eigenvalue weighted by atomic mass is 10.2. The predicted octanol–water partition coefficient (Wildman–Crippen LogP) is 3.11.